The van der Waals surface area contributed by atoms with Crippen LogP contribution in [0, 0.1) is 0 Å². The van der Waals surface area contributed by atoms with Crippen molar-refractivity contribution in [2.45, 2.75) is 84.6 Å². The van der Waals surface area contributed by atoms with Crippen LogP contribution in [0.3, 0.4) is 0 Å². The van der Waals surface area contributed by atoms with E-state index in [1.165, 1.54) is 44.2 Å². The van der Waals surface area contributed by atoms with Crippen molar-refractivity contribution in [3.8, 4) is 0 Å². The highest BCUT2D eigenvalue weighted by Crippen LogP contribution is 2.31. The van der Waals surface area contributed by atoms with Crippen LogP contribution in [0.15, 0.2) is 12.5 Å². The molecule has 1 rings (SSSR count). The zero-order valence-corrected chi connectivity index (χ0v) is 12.9. The van der Waals surface area contributed by atoms with E-state index in [1.807, 2.05) is 6.33 Å². The Morgan fingerprint density at radius 3 is 2.56 bits per heavy atom. The molecular formula is C16H30N2. The summed E-state index contributed by atoms with van der Waals surface area (Å²) in [5.41, 5.74) is 1.65. The van der Waals surface area contributed by atoms with Gasteiger partial charge in [-0.1, -0.05) is 53.4 Å². The third kappa shape index (κ3) is 3.86. The van der Waals surface area contributed by atoms with E-state index in [1.54, 1.807) is 0 Å². The lowest BCUT2D eigenvalue weighted by Crippen LogP contribution is -2.23. The second kappa shape index (κ2) is 6.96. The highest BCUT2D eigenvalue weighted by Gasteiger charge is 2.25. The number of imidazole rings is 1. The molecule has 1 heterocycles. The molecule has 0 aliphatic heterocycles. The van der Waals surface area contributed by atoms with Crippen LogP contribution < -0.4 is 0 Å². The fourth-order valence-corrected chi connectivity index (χ4v) is 2.68. The van der Waals surface area contributed by atoms with Gasteiger partial charge in [0.25, 0.3) is 0 Å². The Hall–Kier alpha value is -0.790. The van der Waals surface area contributed by atoms with Crippen LogP contribution in [0.5, 0.6) is 0 Å². The van der Waals surface area contributed by atoms with Crippen LogP contribution in [0.1, 0.15) is 84.9 Å². The molecule has 0 amide bonds. The van der Waals surface area contributed by atoms with Gasteiger partial charge in [-0.05, 0) is 19.8 Å². The fourth-order valence-electron chi connectivity index (χ4n) is 2.68. The molecule has 0 fully saturated rings. The molecule has 2 heteroatoms. The quantitative estimate of drug-likeness (QED) is 0.587. The number of hydrogen-bond acceptors (Lipinski definition) is 1. The SMILES string of the molecule is CCCCCC(C)(C)c1cncn1C(C)CCC. The summed E-state index contributed by atoms with van der Waals surface area (Å²) in [5, 5.41) is 0. The van der Waals surface area contributed by atoms with Crippen molar-refractivity contribution in [1.82, 2.24) is 9.55 Å². The first-order valence-corrected chi connectivity index (χ1v) is 7.55. The molecule has 0 N–H and O–H groups in total. The molecule has 0 aliphatic carbocycles. The molecule has 1 unspecified atom stereocenters. The van der Waals surface area contributed by atoms with E-state index >= 15 is 0 Å². The number of hydrogen-bond donors (Lipinski definition) is 0. The smallest absolute Gasteiger partial charge is 0.0950 e. The molecule has 1 atom stereocenters. The average Bonchev–Trinajstić information content (AvgIpc) is 2.79. The van der Waals surface area contributed by atoms with Crippen molar-refractivity contribution in [3.05, 3.63) is 18.2 Å². The van der Waals surface area contributed by atoms with Crippen molar-refractivity contribution < 1.29 is 0 Å². The van der Waals surface area contributed by atoms with Gasteiger partial charge in [0, 0.05) is 23.3 Å². The number of rotatable bonds is 8. The monoisotopic (exact) mass is 250 g/mol. The minimum absolute atomic E-state index is 0.244. The summed E-state index contributed by atoms with van der Waals surface area (Å²) in [7, 11) is 0. The zero-order valence-electron chi connectivity index (χ0n) is 12.9. The Labute approximate surface area is 113 Å². The van der Waals surface area contributed by atoms with Gasteiger partial charge in [-0.3, -0.25) is 0 Å². The number of aromatic nitrogens is 2. The predicted octanol–water partition coefficient (Wildman–Crippen LogP) is 5.10. The Kier molecular flexibility index (Phi) is 5.90. The van der Waals surface area contributed by atoms with E-state index in [2.05, 4.69) is 50.4 Å². The van der Waals surface area contributed by atoms with Gasteiger partial charge in [-0.2, -0.15) is 0 Å². The molecule has 1 aromatic heterocycles. The van der Waals surface area contributed by atoms with Gasteiger partial charge in [0.2, 0.25) is 0 Å². The van der Waals surface area contributed by atoms with Crippen LogP contribution in [0.4, 0.5) is 0 Å². The molecule has 0 saturated carbocycles. The summed E-state index contributed by atoms with van der Waals surface area (Å²) in [6.45, 7) is 11.5. The molecule has 0 bridgehead atoms. The van der Waals surface area contributed by atoms with Crippen molar-refractivity contribution in [2.24, 2.45) is 0 Å². The van der Waals surface area contributed by atoms with E-state index in [0.29, 0.717) is 6.04 Å². The largest absolute Gasteiger partial charge is 0.331 e. The molecule has 104 valence electrons. The summed E-state index contributed by atoms with van der Waals surface area (Å²) in [4.78, 5) is 4.38. The molecule has 1 aromatic rings. The van der Waals surface area contributed by atoms with E-state index in [4.69, 9.17) is 0 Å². The second-order valence-electron chi connectivity index (χ2n) is 6.16. The summed E-state index contributed by atoms with van der Waals surface area (Å²) in [5.74, 6) is 0. The lowest BCUT2D eigenvalue weighted by atomic mass is 9.83. The minimum Gasteiger partial charge on any atom is -0.331 e. The van der Waals surface area contributed by atoms with Crippen molar-refractivity contribution >= 4 is 0 Å². The Morgan fingerprint density at radius 2 is 1.94 bits per heavy atom. The predicted molar refractivity (Wildman–Crippen MR) is 79.0 cm³/mol. The van der Waals surface area contributed by atoms with Gasteiger partial charge < -0.3 is 4.57 Å². The molecule has 2 nitrogen and oxygen atoms in total. The molecule has 0 spiro atoms. The van der Waals surface area contributed by atoms with E-state index in [0.717, 1.165) is 0 Å². The van der Waals surface area contributed by atoms with Gasteiger partial charge in [-0.15, -0.1) is 0 Å². The van der Waals surface area contributed by atoms with Crippen LogP contribution in [-0.4, -0.2) is 9.55 Å². The van der Waals surface area contributed by atoms with Crippen LogP contribution in [0.2, 0.25) is 0 Å². The third-order valence-corrected chi connectivity index (χ3v) is 3.95. The molecule has 0 saturated heterocycles. The Bertz CT molecular complexity index is 339. The van der Waals surface area contributed by atoms with Crippen LogP contribution in [-0.2, 0) is 5.41 Å². The van der Waals surface area contributed by atoms with Crippen LogP contribution in [0.25, 0.3) is 0 Å². The fraction of sp³-hybridized carbons (Fsp3) is 0.812. The van der Waals surface area contributed by atoms with E-state index in [9.17, 15) is 0 Å². The first kappa shape index (κ1) is 15.3. The summed E-state index contributed by atoms with van der Waals surface area (Å²) in [6, 6.07) is 0.568. The lowest BCUT2D eigenvalue weighted by molar-refractivity contribution is 0.390. The van der Waals surface area contributed by atoms with Crippen molar-refractivity contribution in [2.75, 3.05) is 0 Å². The van der Waals surface area contributed by atoms with Crippen LogP contribution >= 0.6 is 0 Å². The van der Waals surface area contributed by atoms with Gasteiger partial charge in [0.1, 0.15) is 0 Å². The lowest BCUT2D eigenvalue weighted by Gasteiger charge is -2.28. The highest BCUT2D eigenvalue weighted by molar-refractivity contribution is 5.13. The summed E-state index contributed by atoms with van der Waals surface area (Å²) in [6.07, 6.45) is 11.7. The van der Waals surface area contributed by atoms with Gasteiger partial charge in [0.05, 0.1) is 6.33 Å². The maximum Gasteiger partial charge on any atom is 0.0950 e. The Balaban J connectivity index is 2.78. The van der Waals surface area contributed by atoms with Crippen molar-refractivity contribution in [1.29, 1.82) is 0 Å². The summed E-state index contributed by atoms with van der Waals surface area (Å²) < 4.78 is 2.38. The molecule has 0 radical (unpaired) electrons. The van der Waals surface area contributed by atoms with Crippen molar-refractivity contribution in [3.63, 3.8) is 0 Å². The number of nitrogens with zero attached hydrogens (tertiary/aromatic N) is 2. The third-order valence-electron chi connectivity index (χ3n) is 3.95. The van der Waals surface area contributed by atoms with E-state index in [-0.39, 0.29) is 5.41 Å². The standard InChI is InChI=1S/C16H30N2/c1-6-8-9-11-16(4,5)15-12-17-13-18(15)14(3)10-7-2/h12-14H,6-11H2,1-5H3. The highest BCUT2D eigenvalue weighted by atomic mass is 15.1. The first-order chi connectivity index (χ1) is 8.53. The normalized spacial score (nSPS) is 13.8. The number of unbranched alkanes of at least 4 members (excludes halogenated alkanes) is 2. The first-order valence-electron chi connectivity index (χ1n) is 7.55. The maximum atomic E-state index is 4.38. The van der Waals surface area contributed by atoms with E-state index < -0.39 is 0 Å². The topological polar surface area (TPSA) is 17.8 Å². The average molecular weight is 250 g/mol. The Morgan fingerprint density at radius 1 is 1.22 bits per heavy atom. The zero-order chi connectivity index (χ0) is 13.6. The maximum absolute atomic E-state index is 4.38. The molecule has 0 aromatic carbocycles. The molecular weight excluding hydrogens is 220 g/mol. The van der Waals surface area contributed by atoms with Gasteiger partial charge >= 0.3 is 0 Å². The van der Waals surface area contributed by atoms with Gasteiger partial charge in [0.15, 0.2) is 0 Å². The van der Waals surface area contributed by atoms with Gasteiger partial charge in [-0.25, -0.2) is 4.98 Å². The second-order valence-corrected chi connectivity index (χ2v) is 6.16. The summed E-state index contributed by atoms with van der Waals surface area (Å²) >= 11 is 0. The minimum atomic E-state index is 0.244. The molecule has 18 heavy (non-hydrogen) atoms. The molecule has 0 aliphatic rings.